The van der Waals surface area contributed by atoms with Crippen LogP contribution >= 0.6 is 0 Å². The molecule has 0 aromatic heterocycles. The monoisotopic (exact) mass is 500 g/mol. The third-order valence-corrected chi connectivity index (χ3v) is 6.17. The third kappa shape index (κ3) is 5.54. The molecule has 4 N–H and O–H groups in total. The quantitative estimate of drug-likeness (QED) is 0.540. The van der Waals surface area contributed by atoms with Crippen LogP contribution in [0.25, 0.3) is 0 Å². The number of anilines is 2. The lowest BCUT2D eigenvalue weighted by atomic mass is 10.1. The summed E-state index contributed by atoms with van der Waals surface area (Å²) in [6.45, 7) is 3.40. The molecule has 0 aliphatic carbocycles. The highest BCUT2D eigenvalue weighted by Gasteiger charge is 2.39. The molecule has 11 heteroatoms. The van der Waals surface area contributed by atoms with Crippen molar-refractivity contribution in [1.29, 1.82) is 0 Å². The highest BCUT2D eigenvalue weighted by atomic mass is 19.1. The Kier molecular flexibility index (Phi) is 7.94. The molecule has 4 rings (SSSR count). The van der Waals surface area contributed by atoms with Crippen LogP contribution in [0.15, 0.2) is 42.5 Å². The number of carbonyl (C=O) groups is 3. The Hall–Kier alpha value is -3.38. The van der Waals surface area contributed by atoms with Crippen molar-refractivity contribution >= 4 is 29.1 Å². The Morgan fingerprint density at radius 2 is 1.81 bits per heavy atom. The van der Waals surface area contributed by atoms with Gasteiger partial charge in [0.1, 0.15) is 5.82 Å². The van der Waals surface area contributed by atoms with Gasteiger partial charge in [-0.15, -0.1) is 0 Å². The normalized spacial score (nSPS) is 20.1. The minimum absolute atomic E-state index is 0.0357. The Morgan fingerprint density at radius 1 is 1.11 bits per heavy atom. The number of carbonyl (C=O) groups excluding carboxylic acids is 3. The van der Waals surface area contributed by atoms with Gasteiger partial charge in [0, 0.05) is 37.1 Å². The van der Waals surface area contributed by atoms with Gasteiger partial charge < -0.3 is 35.4 Å². The summed E-state index contributed by atoms with van der Waals surface area (Å²) in [5.74, 6) is -2.69. The van der Waals surface area contributed by atoms with Gasteiger partial charge in [0.05, 0.1) is 25.4 Å². The second kappa shape index (κ2) is 11.1. The number of halogens is 1. The lowest BCUT2D eigenvalue weighted by Crippen LogP contribution is -2.55. The minimum Gasteiger partial charge on any atom is -0.380 e. The van der Waals surface area contributed by atoms with Gasteiger partial charge in [0.2, 0.25) is 0 Å². The number of nitrogens with two attached hydrogens (primary N) is 1. The molecule has 0 bridgehead atoms. The van der Waals surface area contributed by atoms with E-state index in [-0.39, 0.29) is 30.4 Å². The number of hydrogen-bond donors (Lipinski definition) is 3. The van der Waals surface area contributed by atoms with Gasteiger partial charge in [0.15, 0.2) is 12.2 Å². The number of nitrogens with zero attached hydrogens (tertiary/aromatic N) is 2. The summed E-state index contributed by atoms with van der Waals surface area (Å²) in [4.78, 5) is 41.4. The van der Waals surface area contributed by atoms with Gasteiger partial charge >= 0.3 is 0 Å². The number of benzene rings is 2. The van der Waals surface area contributed by atoms with E-state index in [1.807, 2.05) is 6.92 Å². The maximum atomic E-state index is 14.5. The van der Waals surface area contributed by atoms with E-state index in [0.29, 0.717) is 32.0 Å². The summed E-state index contributed by atoms with van der Waals surface area (Å²) in [6.07, 6.45) is -3.26. The molecule has 0 unspecified atom stereocenters. The van der Waals surface area contributed by atoms with Gasteiger partial charge in [-0.1, -0.05) is 12.1 Å². The summed E-state index contributed by atoms with van der Waals surface area (Å²) < 4.78 is 25.2. The van der Waals surface area contributed by atoms with Crippen LogP contribution in [0, 0.1) is 5.82 Å². The maximum Gasteiger partial charge on any atom is 0.259 e. The van der Waals surface area contributed by atoms with Crippen LogP contribution in [-0.4, -0.2) is 79.4 Å². The van der Waals surface area contributed by atoms with Crippen molar-refractivity contribution in [3.63, 3.8) is 0 Å². The van der Waals surface area contributed by atoms with Gasteiger partial charge in [0.25, 0.3) is 17.7 Å². The second-order valence-electron chi connectivity index (χ2n) is 8.69. The molecule has 3 atom stereocenters. The molecule has 0 spiro atoms. The molecule has 2 fully saturated rings. The predicted octanol–water partition coefficient (Wildman–Crippen LogP) is 1.05. The molecular weight excluding hydrogens is 471 g/mol. The van der Waals surface area contributed by atoms with Crippen molar-refractivity contribution in [2.75, 3.05) is 49.7 Å². The molecule has 3 amide bonds. The zero-order valence-electron chi connectivity index (χ0n) is 19.9. The molecule has 192 valence electrons. The van der Waals surface area contributed by atoms with E-state index in [0.717, 1.165) is 11.6 Å². The van der Waals surface area contributed by atoms with Crippen LogP contribution in [0.5, 0.6) is 0 Å². The van der Waals surface area contributed by atoms with Gasteiger partial charge in [-0.3, -0.25) is 14.4 Å². The molecule has 2 aromatic rings. The highest BCUT2D eigenvalue weighted by Crippen LogP contribution is 2.25. The number of morpholine rings is 2. The Bertz CT molecular complexity index is 1120. The molecule has 2 aliphatic rings. The topological polar surface area (TPSA) is 134 Å². The van der Waals surface area contributed by atoms with Crippen LogP contribution in [0.4, 0.5) is 15.8 Å². The third-order valence-electron chi connectivity index (χ3n) is 6.17. The van der Waals surface area contributed by atoms with E-state index in [1.165, 1.54) is 21.9 Å². The Balaban J connectivity index is 1.47. The van der Waals surface area contributed by atoms with Crippen LogP contribution in [0.3, 0.4) is 0 Å². The van der Waals surface area contributed by atoms with E-state index >= 15 is 0 Å². The van der Waals surface area contributed by atoms with E-state index < -0.39 is 35.7 Å². The number of aliphatic hydroxyl groups excluding tert-OH is 1. The minimum atomic E-state index is -1.79. The first-order valence-corrected chi connectivity index (χ1v) is 11.7. The SMILES string of the molecule is C[C@@H](N)c1ccc(NC(=O)[C@H](O)[C@H]2OCCN(c3ccc(F)c(C(=O)N4CCOCC4)c3)C2=O)cc1. The van der Waals surface area contributed by atoms with E-state index in [1.54, 1.807) is 24.3 Å². The van der Waals surface area contributed by atoms with Gasteiger partial charge in [-0.05, 0) is 42.8 Å². The smallest absolute Gasteiger partial charge is 0.259 e. The zero-order chi connectivity index (χ0) is 25.8. The maximum absolute atomic E-state index is 14.5. The van der Waals surface area contributed by atoms with Crippen molar-refractivity contribution in [1.82, 2.24) is 4.90 Å². The number of nitrogens with one attached hydrogen (secondary N) is 1. The van der Waals surface area contributed by atoms with Crippen molar-refractivity contribution < 1.29 is 33.4 Å². The average Bonchev–Trinajstić information content (AvgIpc) is 2.89. The van der Waals surface area contributed by atoms with Crippen molar-refractivity contribution in [3.8, 4) is 0 Å². The molecule has 2 aromatic carbocycles. The molecule has 0 radical (unpaired) electrons. The van der Waals surface area contributed by atoms with E-state index in [4.69, 9.17) is 15.2 Å². The van der Waals surface area contributed by atoms with Crippen molar-refractivity contribution in [3.05, 3.63) is 59.4 Å². The second-order valence-corrected chi connectivity index (χ2v) is 8.69. The van der Waals surface area contributed by atoms with Crippen LogP contribution in [-0.2, 0) is 19.1 Å². The van der Waals surface area contributed by atoms with Crippen LogP contribution in [0.2, 0.25) is 0 Å². The molecular formula is C25H29FN4O6. The first kappa shape index (κ1) is 25.7. The zero-order valence-corrected chi connectivity index (χ0v) is 19.9. The van der Waals surface area contributed by atoms with Crippen molar-refractivity contribution in [2.45, 2.75) is 25.2 Å². The molecule has 36 heavy (non-hydrogen) atoms. The summed E-state index contributed by atoms with van der Waals surface area (Å²) >= 11 is 0. The van der Waals surface area contributed by atoms with Crippen molar-refractivity contribution in [2.24, 2.45) is 5.73 Å². The summed E-state index contributed by atoms with van der Waals surface area (Å²) in [5.41, 5.74) is 7.23. The fourth-order valence-electron chi connectivity index (χ4n) is 4.09. The highest BCUT2D eigenvalue weighted by molar-refractivity contribution is 6.04. The summed E-state index contributed by atoms with van der Waals surface area (Å²) in [7, 11) is 0. The van der Waals surface area contributed by atoms with Gasteiger partial charge in [-0.25, -0.2) is 4.39 Å². The largest absolute Gasteiger partial charge is 0.380 e. The average molecular weight is 501 g/mol. The molecule has 2 saturated heterocycles. The van der Waals surface area contributed by atoms with Crippen LogP contribution in [0.1, 0.15) is 28.9 Å². The number of amides is 3. The predicted molar refractivity (Wildman–Crippen MR) is 129 cm³/mol. The molecule has 2 aliphatic heterocycles. The number of aliphatic hydroxyl groups is 1. The standard InChI is InChI=1S/C25H29FN4O6/c1-15(27)16-2-4-17(5-3-16)28-23(32)21(31)22-25(34)30(10-13-36-22)18-6-7-20(26)19(14-18)24(33)29-8-11-35-12-9-29/h2-7,14-15,21-22,31H,8-13,27H2,1H3,(H,28,32)/t15-,21-,22-/m1/s1. The number of ether oxygens (including phenoxy) is 2. The first-order chi connectivity index (χ1) is 17.3. The molecule has 0 saturated carbocycles. The number of hydrogen-bond acceptors (Lipinski definition) is 7. The fraction of sp³-hybridized carbons (Fsp3) is 0.400. The molecule has 2 heterocycles. The van der Waals surface area contributed by atoms with E-state index in [2.05, 4.69) is 5.32 Å². The summed E-state index contributed by atoms with van der Waals surface area (Å²) in [5, 5.41) is 13.2. The lowest BCUT2D eigenvalue weighted by Gasteiger charge is -2.34. The Morgan fingerprint density at radius 3 is 2.47 bits per heavy atom. The number of rotatable bonds is 6. The van der Waals surface area contributed by atoms with Crippen LogP contribution < -0.4 is 16.0 Å². The lowest BCUT2D eigenvalue weighted by molar-refractivity contribution is -0.150. The fourth-order valence-corrected chi connectivity index (χ4v) is 4.09. The van der Waals surface area contributed by atoms with Gasteiger partial charge in [-0.2, -0.15) is 0 Å². The Labute approximate surface area is 207 Å². The van der Waals surface area contributed by atoms with E-state index in [9.17, 15) is 23.9 Å². The molecule has 10 nitrogen and oxygen atoms in total. The summed E-state index contributed by atoms with van der Waals surface area (Å²) in [6, 6.07) is 10.4. The first-order valence-electron chi connectivity index (χ1n) is 11.7.